The molecule has 0 saturated heterocycles. The topological polar surface area (TPSA) is 15.9 Å². The number of rotatable bonds is 1. The molecule has 70 valence electrons. The Morgan fingerprint density at radius 1 is 1.46 bits per heavy atom. The lowest BCUT2D eigenvalue weighted by Gasteiger charge is -2.07. The van der Waals surface area contributed by atoms with Crippen LogP contribution in [-0.2, 0) is 13.2 Å². The van der Waals surface area contributed by atoms with Crippen molar-refractivity contribution in [3.05, 3.63) is 29.1 Å². The lowest BCUT2D eigenvalue weighted by atomic mass is 10.00. The van der Waals surface area contributed by atoms with Crippen LogP contribution in [0.25, 0.3) is 0 Å². The summed E-state index contributed by atoms with van der Waals surface area (Å²) in [5, 5.41) is 3.34. The zero-order chi connectivity index (χ0) is 9.42. The number of hydrogen-bond acceptors (Lipinski definition) is 1. The molecule has 13 heavy (non-hydrogen) atoms. The second-order valence-electron chi connectivity index (χ2n) is 4.11. The van der Waals surface area contributed by atoms with Gasteiger partial charge in [0, 0.05) is 11.6 Å². The number of pyridine rings is 1. The Balaban J connectivity index is 2.49. The SMILES string of the molecule is Cc1cc2[n+](cc1C(C)C)CNC2. The Morgan fingerprint density at radius 2 is 2.23 bits per heavy atom. The van der Waals surface area contributed by atoms with E-state index in [0.29, 0.717) is 5.92 Å². The smallest absolute Gasteiger partial charge is 0.202 e. The van der Waals surface area contributed by atoms with Crippen LogP contribution in [0.4, 0.5) is 0 Å². The molecule has 0 amide bonds. The largest absolute Gasteiger partial charge is 0.251 e. The average Bonchev–Trinajstić information content (AvgIpc) is 2.48. The molecule has 1 aliphatic heterocycles. The van der Waals surface area contributed by atoms with Gasteiger partial charge in [0.2, 0.25) is 6.67 Å². The average molecular weight is 177 g/mol. The molecular formula is C11H17N2+. The van der Waals surface area contributed by atoms with Crippen LogP contribution in [-0.4, -0.2) is 0 Å². The highest BCUT2D eigenvalue weighted by atomic mass is 15.2. The molecule has 2 nitrogen and oxygen atoms in total. The van der Waals surface area contributed by atoms with Gasteiger partial charge in [-0.25, -0.2) is 0 Å². The zero-order valence-electron chi connectivity index (χ0n) is 8.59. The third kappa shape index (κ3) is 1.46. The second kappa shape index (κ2) is 3.11. The number of fused-ring (bicyclic) bond motifs is 1. The number of aryl methyl sites for hydroxylation is 1. The van der Waals surface area contributed by atoms with Gasteiger partial charge < -0.3 is 0 Å². The van der Waals surface area contributed by atoms with Gasteiger partial charge in [0.25, 0.3) is 0 Å². The molecule has 1 aliphatic rings. The summed E-state index contributed by atoms with van der Waals surface area (Å²) >= 11 is 0. The van der Waals surface area contributed by atoms with Crippen LogP contribution in [0.3, 0.4) is 0 Å². The standard InChI is InChI=1S/C11H17N2/c1-8(2)11-6-13-7-12-5-10(13)4-9(11)3/h4,6,8,12H,5,7H2,1-3H3/q+1. The first kappa shape index (κ1) is 8.70. The normalized spacial score (nSPS) is 15.1. The fourth-order valence-electron chi connectivity index (χ4n) is 1.98. The highest BCUT2D eigenvalue weighted by Gasteiger charge is 2.20. The molecule has 0 radical (unpaired) electrons. The quantitative estimate of drug-likeness (QED) is 0.642. The van der Waals surface area contributed by atoms with Crippen LogP contribution >= 0.6 is 0 Å². The molecule has 0 unspecified atom stereocenters. The second-order valence-corrected chi connectivity index (χ2v) is 4.11. The van der Waals surface area contributed by atoms with E-state index in [-0.39, 0.29) is 0 Å². The molecule has 2 heteroatoms. The molecule has 2 rings (SSSR count). The van der Waals surface area contributed by atoms with E-state index in [4.69, 9.17) is 0 Å². The van der Waals surface area contributed by atoms with Gasteiger partial charge in [-0.2, -0.15) is 4.57 Å². The molecule has 1 N–H and O–H groups in total. The van der Waals surface area contributed by atoms with Crippen molar-refractivity contribution in [3.63, 3.8) is 0 Å². The first-order valence-electron chi connectivity index (χ1n) is 4.92. The van der Waals surface area contributed by atoms with Gasteiger partial charge in [-0.15, -0.1) is 0 Å². The van der Waals surface area contributed by atoms with Crippen molar-refractivity contribution in [2.45, 2.75) is 39.9 Å². The van der Waals surface area contributed by atoms with Crippen LogP contribution in [0, 0.1) is 6.92 Å². The molecule has 0 atom stereocenters. The summed E-state index contributed by atoms with van der Waals surface area (Å²) in [4.78, 5) is 0. The summed E-state index contributed by atoms with van der Waals surface area (Å²) in [6.07, 6.45) is 2.29. The van der Waals surface area contributed by atoms with Gasteiger partial charge in [0.05, 0.1) is 6.54 Å². The lowest BCUT2D eigenvalue weighted by molar-refractivity contribution is -0.694. The van der Waals surface area contributed by atoms with Crippen LogP contribution < -0.4 is 9.88 Å². The van der Waals surface area contributed by atoms with Gasteiger partial charge in [-0.1, -0.05) is 13.8 Å². The molecule has 0 saturated carbocycles. The Hall–Kier alpha value is -0.890. The van der Waals surface area contributed by atoms with E-state index in [1.807, 2.05) is 0 Å². The van der Waals surface area contributed by atoms with E-state index in [1.165, 1.54) is 16.8 Å². The number of nitrogens with zero attached hydrogens (tertiary/aromatic N) is 1. The van der Waals surface area contributed by atoms with Gasteiger partial charge in [-0.05, 0) is 18.4 Å². The van der Waals surface area contributed by atoms with Crippen LogP contribution in [0.2, 0.25) is 0 Å². The van der Waals surface area contributed by atoms with Crippen LogP contribution in [0.5, 0.6) is 0 Å². The van der Waals surface area contributed by atoms with Gasteiger partial charge in [0.1, 0.15) is 0 Å². The number of hydrogen-bond donors (Lipinski definition) is 1. The van der Waals surface area contributed by atoms with E-state index in [0.717, 1.165) is 13.2 Å². The Labute approximate surface area is 79.6 Å². The maximum Gasteiger partial charge on any atom is 0.202 e. The third-order valence-electron chi connectivity index (χ3n) is 2.71. The molecule has 1 aromatic rings. The maximum atomic E-state index is 3.34. The van der Waals surface area contributed by atoms with Crippen molar-refractivity contribution in [1.82, 2.24) is 5.32 Å². The maximum absolute atomic E-state index is 3.34. The van der Waals surface area contributed by atoms with Gasteiger partial charge in [-0.3, -0.25) is 5.32 Å². The minimum Gasteiger partial charge on any atom is -0.251 e. The fraction of sp³-hybridized carbons (Fsp3) is 0.545. The van der Waals surface area contributed by atoms with E-state index >= 15 is 0 Å². The summed E-state index contributed by atoms with van der Waals surface area (Å²) in [7, 11) is 0. The highest BCUT2D eigenvalue weighted by Crippen LogP contribution is 2.18. The van der Waals surface area contributed by atoms with Crippen molar-refractivity contribution >= 4 is 0 Å². The Bertz CT molecular complexity index is 329. The summed E-state index contributed by atoms with van der Waals surface area (Å²) in [6, 6.07) is 2.30. The fourth-order valence-corrected chi connectivity index (χ4v) is 1.98. The van der Waals surface area contributed by atoms with Crippen molar-refractivity contribution in [3.8, 4) is 0 Å². The molecule has 0 aromatic carbocycles. The molecule has 1 aromatic heterocycles. The van der Waals surface area contributed by atoms with E-state index < -0.39 is 0 Å². The molecule has 0 bridgehead atoms. The lowest BCUT2D eigenvalue weighted by Crippen LogP contribution is -2.35. The molecule has 0 aliphatic carbocycles. The van der Waals surface area contributed by atoms with E-state index in [9.17, 15) is 0 Å². The number of nitrogens with one attached hydrogen (secondary N) is 1. The van der Waals surface area contributed by atoms with Crippen molar-refractivity contribution < 1.29 is 4.57 Å². The van der Waals surface area contributed by atoms with E-state index in [1.54, 1.807) is 0 Å². The van der Waals surface area contributed by atoms with Crippen molar-refractivity contribution in [1.29, 1.82) is 0 Å². The van der Waals surface area contributed by atoms with Crippen molar-refractivity contribution in [2.24, 2.45) is 0 Å². The van der Waals surface area contributed by atoms with Crippen molar-refractivity contribution in [2.75, 3.05) is 0 Å². The minimum atomic E-state index is 0.624. The Kier molecular flexibility index (Phi) is 2.08. The highest BCUT2D eigenvalue weighted by molar-refractivity contribution is 5.25. The first-order chi connectivity index (χ1) is 6.18. The molecule has 0 fully saturated rings. The first-order valence-corrected chi connectivity index (χ1v) is 4.92. The summed E-state index contributed by atoms with van der Waals surface area (Å²) in [5.74, 6) is 0.624. The molecular weight excluding hydrogens is 160 g/mol. The van der Waals surface area contributed by atoms with Crippen LogP contribution in [0.15, 0.2) is 12.3 Å². The zero-order valence-corrected chi connectivity index (χ0v) is 8.59. The monoisotopic (exact) mass is 177 g/mol. The van der Waals surface area contributed by atoms with Gasteiger partial charge >= 0.3 is 0 Å². The summed E-state index contributed by atoms with van der Waals surface area (Å²) in [5.41, 5.74) is 4.29. The molecule has 2 heterocycles. The predicted molar refractivity (Wildman–Crippen MR) is 52.3 cm³/mol. The molecule has 0 spiro atoms. The van der Waals surface area contributed by atoms with Gasteiger partial charge in [0.15, 0.2) is 11.9 Å². The number of aromatic nitrogens is 1. The third-order valence-corrected chi connectivity index (χ3v) is 2.71. The predicted octanol–water partition coefficient (Wildman–Crippen LogP) is 1.47. The van der Waals surface area contributed by atoms with E-state index in [2.05, 4.69) is 42.9 Å². The summed E-state index contributed by atoms with van der Waals surface area (Å²) < 4.78 is 2.31. The summed E-state index contributed by atoms with van der Waals surface area (Å²) in [6.45, 7) is 8.68. The minimum absolute atomic E-state index is 0.624. The van der Waals surface area contributed by atoms with Crippen LogP contribution in [0.1, 0.15) is 36.6 Å². The Morgan fingerprint density at radius 3 is 2.92 bits per heavy atom.